The first-order valence-corrected chi connectivity index (χ1v) is 10.2. The van der Waals surface area contributed by atoms with E-state index in [0.717, 1.165) is 61.4 Å². The van der Waals surface area contributed by atoms with E-state index in [9.17, 15) is 0 Å². The fraction of sp³-hybridized carbons (Fsp3) is 0.409. The lowest BCUT2D eigenvalue weighted by molar-refractivity contribution is 0.169. The number of rotatable bonds is 5. The summed E-state index contributed by atoms with van der Waals surface area (Å²) in [7, 11) is 1.81. The molecule has 1 aliphatic heterocycles. The topological polar surface area (TPSA) is 82.9 Å². The van der Waals surface area contributed by atoms with E-state index in [4.69, 9.17) is 8.94 Å². The van der Waals surface area contributed by atoms with Crippen molar-refractivity contribution in [3.05, 3.63) is 59.3 Å². The number of nitrogens with zero attached hydrogens (tertiary/aromatic N) is 5. The Kier molecular flexibility index (Phi) is 6.13. The molecule has 1 aliphatic rings. The number of aliphatic imine (C=N–C) groups is 1. The summed E-state index contributed by atoms with van der Waals surface area (Å²) in [5.74, 6) is 2.37. The van der Waals surface area contributed by atoms with Crippen LogP contribution in [0.5, 0.6) is 0 Å². The van der Waals surface area contributed by atoms with Crippen molar-refractivity contribution in [2.45, 2.75) is 26.9 Å². The van der Waals surface area contributed by atoms with Crippen LogP contribution in [-0.4, -0.2) is 59.1 Å². The van der Waals surface area contributed by atoms with Gasteiger partial charge in [0.2, 0.25) is 5.89 Å². The number of oxazole rings is 1. The van der Waals surface area contributed by atoms with Crippen molar-refractivity contribution in [1.82, 2.24) is 25.3 Å². The van der Waals surface area contributed by atoms with Crippen LogP contribution < -0.4 is 5.32 Å². The van der Waals surface area contributed by atoms with Gasteiger partial charge in [-0.3, -0.25) is 9.89 Å². The van der Waals surface area contributed by atoms with Crippen molar-refractivity contribution in [2.24, 2.45) is 4.99 Å². The van der Waals surface area contributed by atoms with Crippen LogP contribution in [0.15, 0.2) is 50.5 Å². The van der Waals surface area contributed by atoms with Crippen molar-refractivity contribution in [3.63, 3.8) is 0 Å². The number of hydrogen-bond donors (Lipinski definition) is 1. The number of hydrogen-bond acceptors (Lipinski definition) is 6. The number of benzene rings is 1. The Morgan fingerprint density at radius 1 is 1.10 bits per heavy atom. The zero-order valence-corrected chi connectivity index (χ0v) is 17.8. The summed E-state index contributed by atoms with van der Waals surface area (Å²) in [5, 5.41) is 7.49. The summed E-state index contributed by atoms with van der Waals surface area (Å²) in [4.78, 5) is 13.7. The molecule has 0 amide bonds. The second kappa shape index (κ2) is 9.13. The quantitative estimate of drug-likeness (QED) is 0.513. The molecule has 0 bridgehead atoms. The van der Waals surface area contributed by atoms with Crippen molar-refractivity contribution in [3.8, 4) is 11.5 Å². The van der Waals surface area contributed by atoms with E-state index in [2.05, 4.69) is 49.3 Å². The molecule has 4 rings (SSSR count). The molecular weight excluding hydrogens is 380 g/mol. The highest BCUT2D eigenvalue weighted by molar-refractivity contribution is 5.80. The first-order chi connectivity index (χ1) is 14.6. The summed E-state index contributed by atoms with van der Waals surface area (Å²) in [6.45, 7) is 9.09. The second-order valence-electron chi connectivity index (χ2n) is 7.60. The molecule has 0 atom stereocenters. The number of aromatic nitrogens is 2. The van der Waals surface area contributed by atoms with Crippen LogP contribution in [0.1, 0.15) is 22.7 Å². The molecule has 158 valence electrons. The number of piperazine rings is 1. The van der Waals surface area contributed by atoms with Gasteiger partial charge in [-0.15, -0.1) is 0 Å². The molecule has 8 heteroatoms. The van der Waals surface area contributed by atoms with Crippen molar-refractivity contribution in [1.29, 1.82) is 0 Å². The molecule has 1 N–H and O–H groups in total. The first kappa shape index (κ1) is 20.2. The number of aryl methyl sites for hydroxylation is 2. The standard InChI is InChI=1S/C22H28N6O2/c1-16-4-6-18(7-5-16)21-25-20(15-29-21)13-24-22(23-3)28-10-8-27(9-11-28)14-19-12-17(2)30-26-19/h4-7,12,15H,8-11,13-14H2,1-3H3,(H,23,24). The SMILES string of the molecule is CN=C(NCc1coc(-c2ccc(C)cc2)n1)N1CCN(Cc2cc(C)on2)CC1. The van der Waals surface area contributed by atoms with Crippen LogP contribution in [0.2, 0.25) is 0 Å². The van der Waals surface area contributed by atoms with Crippen LogP contribution in [0, 0.1) is 13.8 Å². The van der Waals surface area contributed by atoms with Gasteiger partial charge in [-0.2, -0.15) is 0 Å². The summed E-state index contributed by atoms with van der Waals surface area (Å²) >= 11 is 0. The molecule has 3 aromatic rings. The molecule has 1 aromatic carbocycles. The molecule has 0 radical (unpaired) electrons. The third kappa shape index (κ3) is 4.88. The van der Waals surface area contributed by atoms with Crippen LogP contribution in [0.4, 0.5) is 0 Å². The molecule has 2 aromatic heterocycles. The smallest absolute Gasteiger partial charge is 0.226 e. The van der Waals surface area contributed by atoms with Gasteiger partial charge in [-0.1, -0.05) is 22.9 Å². The number of guanidine groups is 1. The van der Waals surface area contributed by atoms with Gasteiger partial charge in [0.15, 0.2) is 5.96 Å². The summed E-state index contributed by atoms with van der Waals surface area (Å²) in [5.41, 5.74) is 4.03. The molecule has 3 heterocycles. The lowest BCUT2D eigenvalue weighted by Gasteiger charge is -2.36. The lowest BCUT2D eigenvalue weighted by atomic mass is 10.1. The van der Waals surface area contributed by atoms with Gasteiger partial charge in [-0.05, 0) is 26.0 Å². The molecule has 0 spiro atoms. The summed E-state index contributed by atoms with van der Waals surface area (Å²) < 4.78 is 10.8. The van der Waals surface area contributed by atoms with E-state index in [-0.39, 0.29) is 0 Å². The molecular formula is C22H28N6O2. The Morgan fingerprint density at radius 2 is 1.87 bits per heavy atom. The highest BCUT2D eigenvalue weighted by Gasteiger charge is 2.20. The predicted molar refractivity (Wildman–Crippen MR) is 115 cm³/mol. The molecule has 1 saturated heterocycles. The van der Waals surface area contributed by atoms with E-state index < -0.39 is 0 Å². The maximum absolute atomic E-state index is 5.65. The van der Waals surface area contributed by atoms with E-state index in [1.54, 1.807) is 6.26 Å². The van der Waals surface area contributed by atoms with Crippen molar-refractivity contribution < 1.29 is 8.94 Å². The van der Waals surface area contributed by atoms with Crippen molar-refractivity contribution in [2.75, 3.05) is 33.2 Å². The first-order valence-electron chi connectivity index (χ1n) is 10.2. The zero-order valence-electron chi connectivity index (χ0n) is 17.8. The van der Waals surface area contributed by atoms with Crippen LogP contribution in [0.25, 0.3) is 11.5 Å². The third-order valence-electron chi connectivity index (χ3n) is 5.22. The van der Waals surface area contributed by atoms with Gasteiger partial charge < -0.3 is 19.2 Å². The Morgan fingerprint density at radius 3 is 2.53 bits per heavy atom. The van der Waals surface area contributed by atoms with Crippen LogP contribution in [-0.2, 0) is 13.1 Å². The Bertz CT molecular complexity index is 983. The van der Waals surface area contributed by atoms with Gasteiger partial charge in [0, 0.05) is 51.4 Å². The molecule has 1 fully saturated rings. The minimum absolute atomic E-state index is 0.570. The largest absolute Gasteiger partial charge is 0.444 e. The Hall–Kier alpha value is -3.13. The third-order valence-corrected chi connectivity index (χ3v) is 5.22. The molecule has 0 unspecified atom stereocenters. The average Bonchev–Trinajstić information content (AvgIpc) is 3.39. The van der Waals surface area contributed by atoms with Crippen molar-refractivity contribution >= 4 is 5.96 Å². The molecule has 0 aliphatic carbocycles. The van der Waals surface area contributed by atoms with Gasteiger partial charge in [0.1, 0.15) is 12.0 Å². The van der Waals surface area contributed by atoms with E-state index in [0.29, 0.717) is 12.4 Å². The highest BCUT2D eigenvalue weighted by atomic mass is 16.5. The normalized spacial score (nSPS) is 15.6. The Balaban J connectivity index is 1.28. The predicted octanol–water partition coefficient (Wildman–Crippen LogP) is 2.84. The summed E-state index contributed by atoms with van der Waals surface area (Å²) in [6.07, 6.45) is 1.70. The fourth-order valence-electron chi connectivity index (χ4n) is 3.56. The second-order valence-corrected chi connectivity index (χ2v) is 7.60. The molecule has 8 nitrogen and oxygen atoms in total. The fourth-order valence-corrected chi connectivity index (χ4v) is 3.56. The van der Waals surface area contributed by atoms with E-state index >= 15 is 0 Å². The van der Waals surface area contributed by atoms with Gasteiger partial charge in [-0.25, -0.2) is 4.98 Å². The van der Waals surface area contributed by atoms with E-state index in [1.165, 1.54) is 5.56 Å². The highest BCUT2D eigenvalue weighted by Crippen LogP contribution is 2.19. The maximum atomic E-state index is 5.65. The van der Waals surface area contributed by atoms with Gasteiger partial charge in [0.25, 0.3) is 0 Å². The van der Waals surface area contributed by atoms with Gasteiger partial charge >= 0.3 is 0 Å². The van der Waals surface area contributed by atoms with Gasteiger partial charge in [0.05, 0.1) is 17.9 Å². The minimum Gasteiger partial charge on any atom is -0.444 e. The zero-order chi connectivity index (χ0) is 20.9. The Labute approximate surface area is 176 Å². The average molecular weight is 409 g/mol. The summed E-state index contributed by atoms with van der Waals surface area (Å²) in [6, 6.07) is 10.2. The molecule has 30 heavy (non-hydrogen) atoms. The monoisotopic (exact) mass is 408 g/mol. The lowest BCUT2D eigenvalue weighted by Crippen LogP contribution is -2.52. The molecule has 0 saturated carbocycles. The number of nitrogens with one attached hydrogen (secondary N) is 1. The minimum atomic E-state index is 0.570. The van der Waals surface area contributed by atoms with Crippen LogP contribution >= 0.6 is 0 Å². The van der Waals surface area contributed by atoms with E-state index in [1.807, 2.05) is 32.2 Å². The van der Waals surface area contributed by atoms with Crippen LogP contribution in [0.3, 0.4) is 0 Å². The maximum Gasteiger partial charge on any atom is 0.226 e.